The van der Waals surface area contributed by atoms with E-state index in [1.165, 1.54) is 16.7 Å². The number of primary amides is 1. The van der Waals surface area contributed by atoms with Gasteiger partial charge in [-0.15, -0.1) is 0 Å². The number of carbonyl (C=O) groups is 2. The van der Waals surface area contributed by atoms with E-state index in [2.05, 4.69) is 0 Å². The molecule has 27 heavy (non-hydrogen) atoms. The Balaban J connectivity index is 2.05. The van der Waals surface area contributed by atoms with Crippen molar-refractivity contribution in [3.05, 3.63) is 75.8 Å². The van der Waals surface area contributed by atoms with Crippen LogP contribution in [0.2, 0.25) is 0 Å². The summed E-state index contributed by atoms with van der Waals surface area (Å²) >= 11 is 1.22. The number of nitriles is 1. The van der Waals surface area contributed by atoms with Crippen molar-refractivity contribution in [2.45, 2.75) is 25.5 Å². The Bertz CT molecular complexity index is 974. The summed E-state index contributed by atoms with van der Waals surface area (Å²) in [5, 5.41) is 9.29. The lowest BCUT2D eigenvalue weighted by atomic mass is 10.0. The number of benzene rings is 2. The third-order valence-corrected chi connectivity index (χ3v) is 5.75. The highest BCUT2D eigenvalue weighted by Crippen LogP contribution is 2.42. The van der Waals surface area contributed by atoms with E-state index in [1.807, 2.05) is 56.3 Å². The van der Waals surface area contributed by atoms with E-state index in [9.17, 15) is 14.9 Å². The smallest absolute Gasteiger partial charge is 0.262 e. The molecule has 0 aromatic heterocycles. The monoisotopic (exact) mass is 377 g/mol. The summed E-state index contributed by atoms with van der Waals surface area (Å²) in [4.78, 5) is 26.4. The zero-order valence-corrected chi connectivity index (χ0v) is 15.9. The van der Waals surface area contributed by atoms with E-state index >= 15 is 0 Å². The van der Waals surface area contributed by atoms with E-state index in [0.29, 0.717) is 17.1 Å². The van der Waals surface area contributed by atoms with Crippen LogP contribution in [-0.2, 0) is 16.0 Å². The molecule has 5 nitrogen and oxygen atoms in total. The second-order valence-electron chi connectivity index (χ2n) is 6.40. The maximum absolute atomic E-state index is 13.2. The minimum atomic E-state index is -0.832. The van der Waals surface area contributed by atoms with Crippen LogP contribution in [0.3, 0.4) is 0 Å². The molecule has 1 aliphatic rings. The van der Waals surface area contributed by atoms with Gasteiger partial charge < -0.3 is 5.73 Å². The Hall–Kier alpha value is -3.04. The molecule has 1 saturated heterocycles. The fraction of sp³-hybridized carbons (Fsp3) is 0.190. The summed E-state index contributed by atoms with van der Waals surface area (Å²) in [5.41, 5.74) is 9.03. The molecule has 6 heteroatoms. The third-order valence-electron chi connectivity index (χ3n) is 4.48. The fourth-order valence-electron chi connectivity index (χ4n) is 2.97. The molecule has 1 atom stereocenters. The van der Waals surface area contributed by atoms with Crippen LogP contribution in [0.25, 0.3) is 0 Å². The SMILES string of the molecule is Cc1ccc(N2C(=O)C(Cc3ccccc3C)SC2=C(C#N)C(N)=O)cc1. The highest BCUT2D eigenvalue weighted by molar-refractivity contribution is 8.05. The molecule has 3 rings (SSSR count). The van der Waals surface area contributed by atoms with Gasteiger partial charge in [0.05, 0.1) is 5.25 Å². The van der Waals surface area contributed by atoms with Gasteiger partial charge in [0, 0.05) is 5.69 Å². The van der Waals surface area contributed by atoms with Crippen LogP contribution in [0, 0.1) is 25.2 Å². The Labute approximate surface area is 162 Å². The molecule has 1 fully saturated rings. The molecule has 0 radical (unpaired) electrons. The van der Waals surface area contributed by atoms with Gasteiger partial charge in [0.25, 0.3) is 5.91 Å². The first-order valence-electron chi connectivity index (χ1n) is 8.48. The third kappa shape index (κ3) is 3.74. The van der Waals surface area contributed by atoms with Crippen LogP contribution in [0.5, 0.6) is 0 Å². The number of nitrogens with two attached hydrogens (primary N) is 1. The van der Waals surface area contributed by atoms with Crippen LogP contribution >= 0.6 is 11.8 Å². The Kier molecular flexibility index (Phi) is 5.33. The second-order valence-corrected chi connectivity index (χ2v) is 7.59. The molecule has 0 bridgehead atoms. The molecule has 0 spiro atoms. The largest absolute Gasteiger partial charge is 0.365 e. The molecule has 2 aromatic carbocycles. The number of amides is 2. The van der Waals surface area contributed by atoms with Crippen LogP contribution in [-0.4, -0.2) is 17.1 Å². The van der Waals surface area contributed by atoms with Crippen molar-refractivity contribution in [3.8, 4) is 6.07 Å². The topological polar surface area (TPSA) is 87.2 Å². The zero-order chi connectivity index (χ0) is 19.6. The molecular weight excluding hydrogens is 358 g/mol. The van der Waals surface area contributed by atoms with E-state index < -0.39 is 11.2 Å². The van der Waals surface area contributed by atoms with E-state index in [-0.39, 0.29) is 11.5 Å². The van der Waals surface area contributed by atoms with Crippen molar-refractivity contribution in [1.82, 2.24) is 0 Å². The molecule has 2 amide bonds. The van der Waals surface area contributed by atoms with Crippen molar-refractivity contribution < 1.29 is 9.59 Å². The van der Waals surface area contributed by atoms with Crippen molar-refractivity contribution in [3.63, 3.8) is 0 Å². The predicted octanol–water partition coefficient (Wildman–Crippen LogP) is 3.22. The van der Waals surface area contributed by atoms with Crippen LogP contribution < -0.4 is 10.6 Å². The highest BCUT2D eigenvalue weighted by atomic mass is 32.2. The van der Waals surface area contributed by atoms with E-state index in [0.717, 1.165) is 16.7 Å². The normalized spacial score (nSPS) is 18.3. The van der Waals surface area contributed by atoms with Gasteiger partial charge in [-0.2, -0.15) is 5.26 Å². The summed E-state index contributed by atoms with van der Waals surface area (Å²) in [6, 6.07) is 17.1. The Morgan fingerprint density at radius 1 is 1.19 bits per heavy atom. The highest BCUT2D eigenvalue weighted by Gasteiger charge is 2.40. The molecule has 2 aromatic rings. The Morgan fingerprint density at radius 3 is 2.44 bits per heavy atom. The average Bonchev–Trinajstić information content (AvgIpc) is 2.94. The van der Waals surface area contributed by atoms with Gasteiger partial charge in [0.15, 0.2) is 0 Å². The van der Waals surface area contributed by atoms with Crippen LogP contribution in [0.15, 0.2) is 59.1 Å². The summed E-state index contributed by atoms with van der Waals surface area (Å²) in [7, 11) is 0. The minimum absolute atomic E-state index is 0.156. The summed E-state index contributed by atoms with van der Waals surface area (Å²) < 4.78 is 0. The van der Waals surface area contributed by atoms with E-state index in [1.54, 1.807) is 12.1 Å². The van der Waals surface area contributed by atoms with E-state index in [4.69, 9.17) is 5.73 Å². The first kappa shape index (κ1) is 18.7. The van der Waals surface area contributed by atoms with Crippen molar-refractivity contribution in [1.29, 1.82) is 5.26 Å². The van der Waals surface area contributed by atoms with Crippen molar-refractivity contribution in [2.75, 3.05) is 4.90 Å². The number of carbonyl (C=O) groups excluding carboxylic acids is 2. The molecule has 1 heterocycles. The number of nitrogens with zero attached hydrogens (tertiary/aromatic N) is 2. The molecule has 136 valence electrons. The Morgan fingerprint density at radius 2 is 1.85 bits per heavy atom. The van der Waals surface area contributed by atoms with Crippen LogP contribution in [0.1, 0.15) is 16.7 Å². The van der Waals surface area contributed by atoms with Gasteiger partial charge >= 0.3 is 0 Å². The maximum Gasteiger partial charge on any atom is 0.262 e. The van der Waals surface area contributed by atoms with Crippen molar-refractivity contribution >= 4 is 29.3 Å². The van der Waals surface area contributed by atoms with Crippen LogP contribution in [0.4, 0.5) is 5.69 Å². The molecule has 0 aliphatic carbocycles. The number of hydrogen-bond donors (Lipinski definition) is 1. The quantitative estimate of drug-likeness (QED) is 0.655. The number of thioether (sulfide) groups is 1. The number of hydrogen-bond acceptors (Lipinski definition) is 4. The molecule has 0 saturated carbocycles. The molecule has 1 unspecified atom stereocenters. The lowest BCUT2D eigenvalue weighted by Crippen LogP contribution is -2.31. The summed E-state index contributed by atoms with van der Waals surface area (Å²) in [6.45, 7) is 3.95. The number of rotatable bonds is 4. The molecule has 2 N–H and O–H groups in total. The zero-order valence-electron chi connectivity index (χ0n) is 15.1. The number of aryl methyl sites for hydroxylation is 2. The fourth-order valence-corrected chi connectivity index (χ4v) is 4.27. The maximum atomic E-state index is 13.2. The molecular formula is C21H19N3O2S. The van der Waals surface area contributed by atoms with Gasteiger partial charge in [-0.1, -0.05) is 53.7 Å². The van der Waals surface area contributed by atoms with Gasteiger partial charge in [-0.25, -0.2) is 0 Å². The van der Waals surface area contributed by atoms with Crippen molar-refractivity contribution in [2.24, 2.45) is 5.73 Å². The lowest BCUT2D eigenvalue weighted by molar-refractivity contribution is -0.117. The van der Waals surface area contributed by atoms with Gasteiger partial charge in [0.1, 0.15) is 16.7 Å². The van der Waals surface area contributed by atoms with Gasteiger partial charge in [-0.05, 0) is 43.5 Å². The standard InChI is InChI=1S/C21H19N3O2S/c1-13-7-9-16(10-8-13)24-20(26)18(11-15-6-4-3-5-14(15)2)27-21(24)17(12-22)19(23)25/h3-10,18H,11H2,1-2H3,(H2,23,25). The van der Waals surface area contributed by atoms with Gasteiger partial charge in [0.2, 0.25) is 5.91 Å². The minimum Gasteiger partial charge on any atom is -0.365 e. The predicted molar refractivity (Wildman–Crippen MR) is 107 cm³/mol. The second kappa shape index (κ2) is 7.68. The summed E-state index contributed by atoms with van der Waals surface area (Å²) in [6.07, 6.45) is 0.513. The lowest BCUT2D eigenvalue weighted by Gasteiger charge is -2.18. The molecule has 1 aliphatic heterocycles. The number of anilines is 1. The van der Waals surface area contributed by atoms with Gasteiger partial charge in [-0.3, -0.25) is 14.5 Å². The average molecular weight is 377 g/mol. The first-order chi connectivity index (χ1) is 12.9. The first-order valence-corrected chi connectivity index (χ1v) is 9.36. The summed E-state index contributed by atoms with van der Waals surface area (Å²) in [5.74, 6) is -0.988.